The molecule has 262 valence electrons. The molecule has 16 nitrogen and oxygen atoms in total. The molecule has 11 N–H and O–H groups in total. The second-order valence-electron chi connectivity index (χ2n) is 12.4. The number of nitrogens with zero attached hydrogens (tertiary/aromatic N) is 1. The van der Waals surface area contributed by atoms with Crippen molar-refractivity contribution < 1.29 is 38.5 Å². The summed E-state index contributed by atoms with van der Waals surface area (Å²) in [6.45, 7) is 12.0. The highest BCUT2D eigenvalue weighted by molar-refractivity contribution is 5.93. The van der Waals surface area contributed by atoms with Crippen molar-refractivity contribution in [3.63, 3.8) is 0 Å². The first-order valence-electron chi connectivity index (χ1n) is 15.1. The van der Waals surface area contributed by atoms with E-state index in [1.165, 1.54) is 13.0 Å². The smallest absolute Gasteiger partial charge is 0.408 e. The summed E-state index contributed by atoms with van der Waals surface area (Å²) in [5.41, 5.74) is 16.9. The Labute approximate surface area is 273 Å². The molecule has 2 aromatic rings. The van der Waals surface area contributed by atoms with Crippen LogP contribution in [0.3, 0.4) is 0 Å². The average Bonchev–Trinajstić information content (AvgIpc) is 2.90. The monoisotopic (exact) mass is 663 g/mol. The predicted molar refractivity (Wildman–Crippen MR) is 177 cm³/mol. The molecule has 0 spiro atoms. The van der Waals surface area contributed by atoms with E-state index in [4.69, 9.17) is 26.4 Å². The predicted octanol–water partition coefficient (Wildman–Crippen LogP) is 1.10. The summed E-state index contributed by atoms with van der Waals surface area (Å²) >= 11 is 0. The van der Waals surface area contributed by atoms with Crippen molar-refractivity contribution in [2.24, 2.45) is 22.4 Å². The Balaban J connectivity index is 0.000000693. The number of hydrogen-bond donors (Lipinski definition) is 8. The van der Waals surface area contributed by atoms with Crippen LogP contribution in [0.15, 0.2) is 38.5 Å². The van der Waals surface area contributed by atoms with Crippen molar-refractivity contribution in [1.82, 2.24) is 16.0 Å². The average molecular weight is 664 g/mol. The van der Waals surface area contributed by atoms with Gasteiger partial charge in [0.1, 0.15) is 29.3 Å². The molecule has 3 amide bonds. The van der Waals surface area contributed by atoms with Gasteiger partial charge in [0, 0.05) is 29.8 Å². The zero-order valence-corrected chi connectivity index (χ0v) is 28.0. The summed E-state index contributed by atoms with van der Waals surface area (Å²) < 4.78 is 10.2. The normalized spacial score (nSPS) is 13.6. The summed E-state index contributed by atoms with van der Waals surface area (Å²) in [4.78, 5) is 64.0. The fourth-order valence-corrected chi connectivity index (χ4v) is 4.18. The molecule has 1 heterocycles. The summed E-state index contributed by atoms with van der Waals surface area (Å²) in [7, 11) is 0. The SMILES string of the molecule is CC(C)C[C@H](NC(=O)OC(C)(C)C)C(=O)N[C@H](C(=O)N[C@@H](CCCN=C(N)N)C(=O)O)[C@@H](C)O.Cc1cc(=O)oc2cc(N)ccc12. The molecule has 47 heavy (non-hydrogen) atoms. The van der Waals surface area contributed by atoms with Gasteiger partial charge in [-0.1, -0.05) is 13.8 Å². The van der Waals surface area contributed by atoms with Crippen LogP contribution in [-0.4, -0.2) is 76.4 Å². The lowest BCUT2D eigenvalue weighted by Crippen LogP contribution is -2.59. The van der Waals surface area contributed by atoms with Crippen LogP contribution in [0.1, 0.15) is 66.4 Å². The van der Waals surface area contributed by atoms with Crippen LogP contribution in [0.5, 0.6) is 0 Å². The van der Waals surface area contributed by atoms with Gasteiger partial charge in [0.05, 0.1) is 6.10 Å². The Morgan fingerprint density at radius 2 is 1.64 bits per heavy atom. The number of carboxylic acids is 1. The molecule has 0 radical (unpaired) electrons. The standard InChI is InChI=1S/C21H40N6O7.C10H9NO2/c1-11(2)10-14(26-20(33)34-21(4,5)6)16(29)27-15(12(3)28)17(30)25-13(18(31)32)8-7-9-24-19(22)23;1-6-4-10(12)13-9-5-7(11)2-3-8(6)9/h11-15,28H,7-10H2,1-6H3,(H,25,30)(H,26,33)(H,27,29)(H,31,32)(H4,22,23,24);2-5H,11H2,1H3/t12-,13+,14+,15+;/m1./s1. The van der Waals surface area contributed by atoms with Crippen molar-refractivity contribution in [2.75, 3.05) is 12.3 Å². The Hall–Kier alpha value is -4.86. The molecule has 4 atom stereocenters. The Kier molecular flexibility index (Phi) is 15.7. The lowest BCUT2D eigenvalue weighted by molar-refractivity contribution is -0.143. The lowest BCUT2D eigenvalue weighted by atomic mass is 10.0. The summed E-state index contributed by atoms with van der Waals surface area (Å²) in [5, 5.41) is 27.6. The van der Waals surface area contributed by atoms with Gasteiger partial charge in [0.15, 0.2) is 5.96 Å². The van der Waals surface area contributed by atoms with Crippen LogP contribution in [0.2, 0.25) is 0 Å². The number of carboxylic acid groups (broad SMARTS) is 1. The second kappa shape index (κ2) is 18.3. The van der Waals surface area contributed by atoms with Crippen LogP contribution >= 0.6 is 0 Å². The van der Waals surface area contributed by atoms with E-state index in [1.807, 2.05) is 26.8 Å². The largest absolute Gasteiger partial charge is 0.480 e. The number of aliphatic hydroxyl groups is 1. The molecule has 0 fully saturated rings. The summed E-state index contributed by atoms with van der Waals surface area (Å²) in [5.74, 6) is -3.04. The van der Waals surface area contributed by atoms with Gasteiger partial charge in [0.25, 0.3) is 0 Å². The van der Waals surface area contributed by atoms with E-state index < -0.39 is 53.7 Å². The van der Waals surface area contributed by atoms with Crippen molar-refractivity contribution >= 4 is 46.5 Å². The lowest BCUT2D eigenvalue weighted by Gasteiger charge is -2.27. The topological polar surface area (TPSA) is 275 Å². The molecule has 2 rings (SSSR count). The van der Waals surface area contributed by atoms with E-state index in [0.29, 0.717) is 11.3 Å². The van der Waals surface area contributed by atoms with Gasteiger partial charge in [-0.3, -0.25) is 14.6 Å². The number of aliphatic imine (C=N–C) groups is 1. The maximum atomic E-state index is 12.9. The van der Waals surface area contributed by atoms with Crippen molar-refractivity contribution in [1.29, 1.82) is 0 Å². The van der Waals surface area contributed by atoms with Gasteiger partial charge in [0.2, 0.25) is 11.8 Å². The maximum absolute atomic E-state index is 12.9. The fourth-order valence-electron chi connectivity index (χ4n) is 4.18. The number of amides is 3. The van der Waals surface area contributed by atoms with Gasteiger partial charge >= 0.3 is 17.7 Å². The van der Waals surface area contributed by atoms with E-state index in [1.54, 1.807) is 32.9 Å². The molecule has 16 heteroatoms. The van der Waals surface area contributed by atoms with Crippen molar-refractivity contribution in [2.45, 2.75) is 97.6 Å². The molecule has 0 aliphatic heterocycles. The Bertz CT molecular complexity index is 1460. The second-order valence-corrected chi connectivity index (χ2v) is 12.4. The zero-order valence-electron chi connectivity index (χ0n) is 28.0. The quantitative estimate of drug-likeness (QED) is 0.0492. The third kappa shape index (κ3) is 15.3. The number of fused-ring (bicyclic) bond motifs is 1. The molecule has 1 aromatic carbocycles. The third-order valence-corrected chi connectivity index (χ3v) is 6.31. The van der Waals surface area contributed by atoms with Crippen LogP contribution in [-0.2, 0) is 19.1 Å². The van der Waals surface area contributed by atoms with Crippen molar-refractivity contribution in [3.8, 4) is 0 Å². The first kappa shape index (κ1) is 40.2. The highest BCUT2D eigenvalue weighted by atomic mass is 16.6. The number of benzene rings is 1. The Morgan fingerprint density at radius 1 is 1.00 bits per heavy atom. The highest BCUT2D eigenvalue weighted by Gasteiger charge is 2.33. The molecule has 0 aliphatic rings. The van der Waals surface area contributed by atoms with Crippen LogP contribution in [0, 0.1) is 12.8 Å². The van der Waals surface area contributed by atoms with E-state index >= 15 is 0 Å². The highest BCUT2D eigenvalue weighted by Crippen LogP contribution is 2.18. The fraction of sp³-hybridized carbons (Fsp3) is 0.548. The van der Waals surface area contributed by atoms with Gasteiger partial charge in [-0.2, -0.15) is 0 Å². The molecule has 0 aliphatic carbocycles. The number of ether oxygens (including phenoxy) is 1. The molecular weight excluding hydrogens is 614 g/mol. The molecule has 0 saturated heterocycles. The maximum Gasteiger partial charge on any atom is 0.408 e. The van der Waals surface area contributed by atoms with Crippen molar-refractivity contribution in [3.05, 3.63) is 40.2 Å². The molecule has 0 unspecified atom stereocenters. The number of guanidine groups is 1. The number of nitrogen functional groups attached to an aromatic ring is 1. The van der Waals surface area contributed by atoms with E-state index in [2.05, 4.69) is 20.9 Å². The van der Waals surface area contributed by atoms with Gasteiger partial charge < -0.3 is 52.5 Å². The van der Waals surface area contributed by atoms with E-state index in [-0.39, 0.29) is 43.3 Å². The number of alkyl carbamates (subject to hydrolysis) is 1. The molecule has 0 saturated carbocycles. The summed E-state index contributed by atoms with van der Waals surface area (Å²) in [6, 6.07) is 2.98. The minimum atomic E-state index is -1.46. The number of carbonyl (C=O) groups excluding carboxylic acids is 3. The number of nitrogens with one attached hydrogen (secondary N) is 3. The first-order valence-corrected chi connectivity index (χ1v) is 15.1. The number of hydrogen-bond acceptors (Lipinski definition) is 10. The number of anilines is 1. The minimum Gasteiger partial charge on any atom is -0.480 e. The minimum absolute atomic E-state index is 0.00567. The molecule has 0 bridgehead atoms. The number of aliphatic hydroxyl groups excluding tert-OH is 1. The zero-order chi connectivity index (χ0) is 36.1. The Morgan fingerprint density at radius 3 is 2.17 bits per heavy atom. The van der Waals surface area contributed by atoms with Gasteiger partial charge in [-0.05, 0) is 77.5 Å². The van der Waals surface area contributed by atoms with Crippen LogP contribution in [0.4, 0.5) is 10.5 Å². The van der Waals surface area contributed by atoms with Crippen LogP contribution < -0.4 is 38.8 Å². The van der Waals surface area contributed by atoms with E-state index in [9.17, 15) is 34.2 Å². The van der Waals surface area contributed by atoms with E-state index in [0.717, 1.165) is 10.9 Å². The summed E-state index contributed by atoms with van der Waals surface area (Å²) in [6.07, 6.45) is -1.62. The number of rotatable bonds is 13. The van der Waals surface area contributed by atoms with Crippen LogP contribution in [0.25, 0.3) is 11.0 Å². The van der Waals surface area contributed by atoms with Gasteiger partial charge in [-0.15, -0.1) is 0 Å². The number of nitrogens with two attached hydrogens (primary N) is 3. The molecule has 1 aromatic heterocycles. The van der Waals surface area contributed by atoms with Gasteiger partial charge in [-0.25, -0.2) is 14.4 Å². The number of aryl methyl sites for hydroxylation is 1. The first-order chi connectivity index (χ1) is 21.7. The number of carbonyl (C=O) groups is 4. The molecular formula is C31H49N7O9. The number of aliphatic carboxylic acids is 1. The third-order valence-electron chi connectivity index (χ3n) is 6.31.